The minimum absolute atomic E-state index is 0.189. The van der Waals surface area contributed by atoms with Crippen LogP contribution in [0.1, 0.15) is 0 Å². The van der Waals surface area contributed by atoms with Crippen molar-refractivity contribution < 1.29 is 17.9 Å². The summed E-state index contributed by atoms with van der Waals surface area (Å²) in [5.41, 5.74) is 0.580. The number of carbonyl (C=O) groups excluding carboxylic acids is 1. The van der Waals surface area contributed by atoms with Crippen LogP contribution in [-0.2, 0) is 14.6 Å². The molecule has 0 bridgehead atoms. The highest BCUT2D eigenvalue weighted by molar-refractivity contribution is 7.90. The molecule has 0 fully saturated rings. The van der Waals surface area contributed by atoms with Gasteiger partial charge in [-0.1, -0.05) is 46.1 Å². The van der Waals surface area contributed by atoms with Gasteiger partial charge in [-0.05, 0) is 24.3 Å². The fourth-order valence-corrected chi connectivity index (χ4v) is 4.34. The number of thiazole rings is 1. The molecule has 1 N–H and O–H groups in total. The summed E-state index contributed by atoms with van der Waals surface area (Å²) < 4.78 is 29.2. The van der Waals surface area contributed by atoms with Crippen LogP contribution in [0.25, 0.3) is 10.2 Å². The van der Waals surface area contributed by atoms with E-state index in [-0.39, 0.29) is 32.3 Å². The van der Waals surface area contributed by atoms with Gasteiger partial charge in [-0.25, -0.2) is 13.4 Å². The molecule has 1 heterocycles. The lowest BCUT2D eigenvalue weighted by Gasteiger charge is -2.08. The van der Waals surface area contributed by atoms with Crippen LogP contribution < -0.4 is 10.1 Å². The molecule has 0 radical (unpaired) electrons. The van der Waals surface area contributed by atoms with Crippen LogP contribution in [0.15, 0.2) is 35.2 Å². The van der Waals surface area contributed by atoms with E-state index in [0.29, 0.717) is 15.3 Å². The second-order valence-corrected chi connectivity index (χ2v) is 9.72. The first kappa shape index (κ1) is 20.2. The lowest BCUT2D eigenvalue weighted by Crippen LogP contribution is -2.20. The summed E-state index contributed by atoms with van der Waals surface area (Å²) in [4.78, 5) is 16.5. The molecular formula is C16H11Cl3N2O4S2. The van der Waals surface area contributed by atoms with E-state index < -0.39 is 15.7 Å². The zero-order valence-corrected chi connectivity index (χ0v) is 17.5. The van der Waals surface area contributed by atoms with E-state index in [4.69, 9.17) is 39.5 Å². The Labute approximate surface area is 173 Å². The van der Waals surface area contributed by atoms with Gasteiger partial charge in [0.2, 0.25) is 0 Å². The molecule has 0 spiro atoms. The molecule has 142 valence electrons. The van der Waals surface area contributed by atoms with Gasteiger partial charge < -0.3 is 4.74 Å². The van der Waals surface area contributed by atoms with Gasteiger partial charge in [-0.3, -0.25) is 10.1 Å². The average Bonchev–Trinajstić information content (AvgIpc) is 2.97. The van der Waals surface area contributed by atoms with E-state index in [0.717, 1.165) is 17.6 Å². The van der Waals surface area contributed by atoms with Gasteiger partial charge in [0.15, 0.2) is 21.6 Å². The second-order valence-electron chi connectivity index (χ2n) is 5.45. The summed E-state index contributed by atoms with van der Waals surface area (Å²) in [5.74, 6) is -0.233. The summed E-state index contributed by atoms with van der Waals surface area (Å²) in [6, 6.07) is 7.42. The summed E-state index contributed by atoms with van der Waals surface area (Å²) in [7, 11) is -3.32. The van der Waals surface area contributed by atoms with Crippen LogP contribution >= 0.6 is 46.1 Å². The van der Waals surface area contributed by atoms with Crippen molar-refractivity contribution in [1.82, 2.24) is 4.98 Å². The first-order valence-electron chi connectivity index (χ1n) is 7.31. The predicted molar refractivity (Wildman–Crippen MR) is 108 cm³/mol. The quantitative estimate of drug-likeness (QED) is 0.553. The van der Waals surface area contributed by atoms with E-state index >= 15 is 0 Å². The van der Waals surface area contributed by atoms with Crippen molar-refractivity contribution in [2.24, 2.45) is 0 Å². The zero-order valence-electron chi connectivity index (χ0n) is 13.6. The highest BCUT2D eigenvalue weighted by Gasteiger charge is 2.13. The van der Waals surface area contributed by atoms with E-state index in [1.165, 1.54) is 24.3 Å². The number of ether oxygens (including phenoxy) is 1. The molecular weight excluding hydrogens is 455 g/mol. The van der Waals surface area contributed by atoms with Crippen LogP contribution in [0.3, 0.4) is 0 Å². The number of carbonyl (C=O) groups is 1. The fourth-order valence-electron chi connectivity index (χ4n) is 2.10. The van der Waals surface area contributed by atoms with Crippen LogP contribution in [0, 0.1) is 0 Å². The van der Waals surface area contributed by atoms with E-state index in [1.807, 2.05) is 0 Å². The number of benzene rings is 2. The number of aromatic nitrogens is 1. The third-order valence-corrected chi connectivity index (χ3v) is 6.43. The van der Waals surface area contributed by atoms with Gasteiger partial charge >= 0.3 is 0 Å². The Morgan fingerprint density at radius 1 is 1.15 bits per heavy atom. The minimum Gasteiger partial charge on any atom is -0.482 e. The molecule has 0 aliphatic carbocycles. The third kappa shape index (κ3) is 4.83. The number of amides is 1. The van der Waals surface area contributed by atoms with Crippen molar-refractivity contribution in [3.05, 3.63) is 45.4 Å². The number of nitrogens with one attached hydrogen (secondary N) is 1. The SMILES string of the molecule is CS(=O)(=O)c1ccc2nc(NC(=O)COc3cc(Cl)c(Cl)cc3Cl)sc2c1. The Morgan fingerprint density at radius 3 is 2.56 bits per heavy atom. The monoisotopic (exact) mass is 464 g/mol. The molecule has 0 unspecified atom stereocenters. The van der Waals surface area contributed by atoms with Crippen molar-refractivity contribution in [2.45, 2.75) is 4.90 Å². The molecule has 1 aromatic heterocycles. The molecule has 27 heavy (non-hydrogen) atoms. The smallest absolute Gasteiger partial charge is 0.264 e. The van der Waals surface area contributed by atoms with Gasteiger partial charge in [0.05, 0.1) is 30.2 Å². The van der Waals surface area contributed by atoms with Crippen molar-refractivity contribution in [3.63, 3.8) is 0 Å². The lowest BCUT2D eigenvalue weighted by atomic mass is 10.3. The summed E-state index contributed by atoms with van der Waals surface area (Å²) in [6.45, 7) is -0.317. The number of sulfone groups is 1. The molecule has 0 aliphatic rings. The van der Waals surface area contributed by atoms with Gasteiger partial charge in [-0.2, -0.15) is 0 Å². The molecule has 0 saturated heterocycles. The van der Waals surface area contributed by atoms with Crippen molar-refractivity contribution >= 4 is 77.2 Å². The Morgan fingerprint density at radius 2 is 1.85 bits per heavy atom. The Bertz CT molecular complexity index is 1150. The summed E-state index contributed by atoms with van der Waals surface area (Å²) in [6.07, 6.45) is 1.13. The Hall–Kier alpha value is -1.58. The first-order valence-corrected chi connectivity index (χ1v) is 11.2. The number of anilines is 1. The number of halogens is 3. The number of fused-ring (bicyclic) bond motifs is 1. The van der Waals surface area contributed by atoms with Crippen molar-refractivity contribution in [1.29, 1.82) is 0 Å². The molecule has 0 atom stereocenters. The van der Waals surface area contributed by atoms with Gasteiger partial charge in [0.1, 0.15) is 5.75 Å². The maximum absolute atomic E-state index is 12.1. The molecule has 3 rings (SSSR count). The molecule has 0 aliphatic heterocycles. The van der Waals surface area contributed by atoms with E-state index in [9.17, 15) is 13.2 Å². The van der Waals surface area contributed by atoms with E-state index in [2.05, 4.69) is 10.3 Å². The van der Waals surface area contributed by atoms with Crippen LogP contribution in [0.5, 0.6) is 5.75 Å². The Kier molecular flexibility index (Phi) is 5.83. The lowest BCUT2D eigenvalue weighted by molar-refractivity contribution is -0.118. The van der Waals surface area contributed by atoms with Crippen molar-refractivity contribution in [3.8, 4) is 5.75 Å². The highest BCUT2D eigenvalue weighted by atomic mass is 35.5. The Balaban J connectivity index is 1.70. The maximum Gasteiger partial charge on any atom is 0.264 e. The van der Waals surface area contributed by atoms with Gasteiger partial charge in [0.25, 0.3) is 5.91 Å². The third-order valence-electron chi connectivity index (χ3n) is 3.37. The predicted octanol–water partition coefficient (Wildman–Crippen LogP) is 4.68. The normalized spacial score (nSPS) is 11.6. The largest absolute Gasteiger partial charge is 0.482 e. The summed E-state index contributed by atoms with van der Waals surface area (Å²) in [5, 5.41) is 3.68. The fraction of sp³-hybridized carbons (Fsp3) is 0.125. The van der Waals surface area contributed by atoms with Gasteiger partial charge in [-0.15, -0.1) is 0 Å². The highest BCUT2D eigenvalue weighted by Crippen LogP contribution is 2.34. The van der Waals surface area contributed by atoms with Crippen LogP contribution in [-0.4, -0.2) is 32.2 Å². The minimum atomic E-state index is -3.32. The topological polar surface area (TPSA) is 85.4 Å². The average molecular weight is 466 g/mol. The first-order chi connectivity index (χ1) is 12.6. The number of rotatable bonds is 5. The number of nitrogens with zero attached hydrogens (tertiary/aromatic N) is 1. The number of hydrogen-bond donors (Lipinski definition) is 1. The maximum atomic E-state index is 12.1. The standard InChI is InChI=1S/C16H11Cl3N2O4S2/c1-27(23,24)8-2-3-12-14(4-8)26-16(20-12)21-15(22)7-25-13-6-10(18)9(17)5-11(13)19/h2-6H,7H2,1H3,(H,20,21,22). The molecule has 1 amide bonds. The van der Waals surface area contributed by atoms with Crippen molar-refractivity contribution in [2.75, 3.05) is 18.2 Å². The molecule has 2 aromatic carbocycles. The van der Waals surface area contributed by atoms with Gasteiger partial charge in [0, 0.05) is 12.3 Å². The second kappa shape index (κ2) is 7.81. The molecule has 0 saturated carbocycles. The van der Waals surface area contributed by atoms with E-state index in [1.54, 1.807) is 6.07 Å². The molecule has 3 aromatic rings. The summed E-state index contributed by atoms with van der Waals surface area (Å²) >= 11 is 18.9. The number of hydrogen-bond acceptors (Lipinski definition) is 6. The zero-order chi connectivity index (χ0) is 19.8. The van der Waals surface area contributed by atoms with Crippen LogP contribution in [0.2, 0.25) is 15.1 Å². The van der Waals surface area contributed by atoms with Crippen LogP contribution in [0.4, 0.5) is 5.13 Å². The molecule has 11 heteroatoms. The molecule has 6 nitrogen and oxygen atoms in total.